The van der Waals surface area contributed by atoms with E-state index in [0.717, 1.165) is 0 Å². The van der Waals surface area contributed by atoms with Gasteiger partial charge in [-0.25, -0.2) is 14.0 Å². The van der Waals surface area contributed by atoms with Gasteiger partial charge in [-0.05, 0) is 32.6 Å². The van der Waals surface area contributed by atoms with Gasteiger partial charge in [0.1, 0.15) is 12.2 Å². The first-order valence-electron chi connectivity index (χ1n) is 6.75. The summed E-state index contributed by atoms with van der Waals surface area (Å²) in [6, 6.07) is 0. The number of carbonyl (C=O) groups excluding carboxylic acids is 2. The lowest BCUT2D eigenvalue weighted by molar-refractivity contribution is -0.197. The molecule has 0 amide bonds. The number of halogens is 1. The molecule has 1 heterocycles. The average Bonchev–Trinajstić information content (AvgIpc) is 2.90. The van der Waals surface area contributed by atoms with Crippen molar-refractivity contribution in [3.05, 3.63) is 12.2 Å². The van der Waals surface area contributed by atoms with E-state index in [9.17, 15) is 14.0 Å². The number of ether oxygens (including phenoxy) is 3. The SMILES string of the molecule is C=C(C)C(=O)OC(C)OC1C2CC3C1OC(=O)C3(F)C2. The summed E-state index contributed by atoms with van der Waals surface area (Å²) in [5.41, 5.74) is -1.55. The highest BCUT2D eigenvalue weighted by Crippen LogP contribution is 2.59. The zero-order valence-corrected chi connectivity index (χ0v) is 11.4. The van der Waals surface area contributed by atoms with Crippen molar-refractivity contribution < 1.29 is 28.2 Å². The van der Waals surface area contributed by atoms with Gasteiger partial charge < -0.3 is 14.2 Å². The van der Waals surface area contributed by atoms with Gasteiger partial charge in [-0.2, -0.15) is 0 Å². The molecule has 3 rings (SSSR count). The lowest BCUT2D eigenvalue weighted by atomic mass is 9.85. The molecule has 0 aromatic heterocycles. The fraction of sp³-hybridized carbons (Fsp3) is 0.714. The Kier molecular flexibility index (Phi) is 2.90. The fourth-order valence-corrected chi connectivity index (χ4v) is 3.57. The molecule has 0 spiro atoms. The topological polar surface area (TPSA) is 61.8 Å². The lowest BCUT2D eigenvalue weighted by Gasteiger charge is -2.29. The van der Waals surface area contributed by atoms with Crippen LogP contribution in [0.4, 0.5) is 4.39 Å². The summed E-state index contributed by atoms with van der Waals surface area (Å²) in [5.74, 6) is -1.79. The predicted molar refractivity (Wildman–Crippen MR) is 65.2 cm³/mol. The van der Waals surface area contributed by atoms with E-state index in [0.29, 0.717) is 6.42 Å². The van der Waals surface area contributed by atoms with E-state index in [1.165, 1.54) is 0 Å². The molecule has 6 heteroatoms. The van der Waals surface area contributed by atoms with Crippen LogP contribution < -0.4 is 0 Å². The summed E-state index contributed by atoms with van der Waals surface area (Å²) in [4.78, 5) is 23.0. The van der Waals surface area contributed by atoms with Crippen LogP contribution >= 0.6 is 0 Å². The first-order chi connectivity index (χ1) is 9.33. The third-order valence-electron chi connectivity index (χ3n) is 4.44. The highest BCUT2D eigenvalue weighted by atomic mass is 19.1. The molecule has 2 bridgehead atoms. The number of rotatable bonds is 4. The minimum absolute atomic E-state index is 0.0626. The molecule has 1 saturated heterocycles. The van der Waals surface area contributed by atoms with Crippen LogP contribution in [0.2, 0.25) is 0 Å². The summed E-state index contributed by atoms with van der Waals surface area (Å²) in [7, 11) is 0. The van der Waals surface area contributed by atoms with Crippen molar-refractivity contribution in [3.8, 4) is 0 Å². The number of hydrogen-bond acceptors (Lipinski definition) is 5. The first kappa shape index (κ1) is 13.5. The molecule has 3 aliphatic rings. The van der Waals surface area contributed by atoms with E-state index < -0.39 is 42.0 Å². The Balaban J connectivity index is 1.65. The van der Waals surface area contributed by atoms with Crippen molar-refractivity contribution in [1.82, 2.24) is 0 Å². The van der Waals surface area contributed by atoms with Crippen molar-refractivity contribution in [2.75, 3.05) is 0 Å². The van der Waals surface area contributed by atoms with Gasteiger partial charge in [0.25, 0.3) is 0 Å². The number of hydrogen-bond donors (Lipinski definition) is 0. The van der Waals surface area contributed by atoms with Gasteiger partial charge >= 0.3 is 11.9 Å². The maximum Gasteiger partial charge on any atom is 0.344 e. The molecule has 0 aromatic carbocycles. The van der Waals surface area contributed by atoms with Crippen LogP contribution in [-0.2, 0) is 23.8 Å². The predicted octanol–water partition coefficient (Wildman–Crippen LogP) is 1.51. The van der Waals surface area contributed by atoms with Crippen LogP contribution in [-0.4, -0.2) is 36.1 Å². The Hall–Kier alpha value is -1.43. The van der Waals surface area contributed by atoms with Gasteiger partial charge in [-0.15, -0.1) is 0 Å². The van der Waals surface area contributed by atoms with Crippen LogP contribution in [0.25, 0.3) is 0 Å². The summed E-state index contributed by atoms with van der Waals surface area (Å²) >= 11 is 0. The van der Waals surface area contributed by atoms with Crippen molar-refractivity contribution >= 4 is 11.9 Å². The van der Waals surface area contributed by atoms with Gasteiger partial charge in [-0.1, -0.05) is 6.58 Å². The Morgan fingerprint density at radius 3 is 2.95 bits per heavy atom. The van der Waals surface area contributed by atoms with Gasteiger partial charge in [0, 0.05) is 11.5 Å². The molecular formula is C14H17FO5. The molecule has 6 unspecified atom stereocenters. The second kappa shape index (κ2) is 4.28. The van der Waals surface area contributed by atoms with Crippen molar-refractivity contribution in [1.29, 1.82) is 0 Å². The third kappa shape index (κ3) is 1.78. The van der Waals surface area contributed by atoms with E-state index in [1.54, 1.807) is 13.8 Å². The quantitative estimate of drug-likeness (QED) is 0.445. The van der Waals surface area contributed by atoms with Crippen molar-refractivity contribution in [3.63, 3.8) is 0 Å². The average molecular weight is 284 g/mol. The van der Waals surface area contributed by atoms with Gasteiger partial charge in [0.15, 0.2) is 0 Å². The molecule has 5 nitrogen and oxygen atoms in total. The lowest BCUT2D eigenvalue weighted by Crippen LogP contribution is -2.42. The molecule has 110 valence electrons. The molecule has 0 aromatic rings. The number of alkyl halides is 1. The van der Waals surface area contributed by atoms with Crippen LogP contribution in [0.5, 0.6) is 0 Å². The normalized spacial score (nSPS) is 42.5. The van der Waals surface area contributed by atoms with E-state index in [2.05, 4.69) is 6.58 Å². The van der Waals surface area contributed by atoms with Crippen LogP contribution in [0, 0.1) is 11.8 Å². The maximum atomic E-state index is 14.4. The summed E-state index contributed by atoms with van der Waals surface area (Å²) in [6.45, 7) is 6.62. The second-order valence-electron chi connectivity index (χ2n) is 5.89. The Bertz CT molecular complexity index is 490. The first-order valence-corrected chi connectivity index (χ1v) is 6.75. The Morgan fingerprint density at radius 2 is 2.30 bits per heavy atom. The highest BCUT2D eigenvalue weighted by molar-refractivity contribution is 5.87. The van der Waals surface area contributed by atoms with E-state index >= 15 is 0 Å². The van der Waals surface area contributed by atoms with Crippen LogP contribution in [0.3, 0.4) is 0 Å². The maximum absolute atomic E-state index is 14.4. The third-order valence-corrected chi connectivity index (χ3v) is 4.44. The number of carbonyl (C=O) groups is 2. The molecule has 0 radical (unpaired) electrons. The molecule has 3 fully saturated rings. The summed E-state index contributed by atoms with van der Waals surface area (Å²) < 4.78 is 30.2. The zero-order valence-electron chi connectivity index (χ0n) is 11.4. The van der Waals surface area contributed by atoms with E-state index in [1.807, 2.05) is 0 Å². The fourth-order valence-electron chi connectivity index (χ4n) is 3.57. The van der Waals surface area contributed by atoms with Gasteiger partial charge in [0.2, 0.25) is 12.0 Å². The molecule has 2 saturated carbocycles. The Labute approximate surface area is 116 Å². The number of esters is 2. The second-order valence-corrected chi connectivity index (χ2v) is 5.89. The minimum atomic E-state index is -1.83. The molecule has 20 heavy (non-hydrogen) atoms. The summed E-state index contributed by atoms with van der Waals surface area (Å²) in [6.07, 6.45) is -1.02. The molecular weight excluding hydrogens is 267 g/mol. The smallest absolute Gasteiger partial charge is 0.344 e. The molecule has 0 N–H and O–H groups in total. The molecule has 6 atom stereocenters. The largest absolute Gasteiger partial charge is 0.457 e. The zero-order chi connectivity index (χ0) is 14.7. The van der Waals surface area contributed by atoms with Gasteiger partial charge in [0.05, 0.1) is 0 Å². The Morgan fingerprint density at radius 1 is 1.60 bits per heavy atom. The summed E-state index contributed by atoms with van der Waals surface area (Å²) in [5, 5.41) is 0. The molecule has 1 aliphatic heterocycles. The van der Waals surface area contributed by atoms with Crippen LogP contribution in [0.1, 0.15) is 26.7 Å². The molecule has 2 aliphatic carbocycles. The monoisotopic (exact) mass is 284 g/mol. The van der Waals surface area contributed by atoms with Gasteiger partial charge in [-0.3, -0.25) is 0 Å². The van der Waals surface area contributed by atoms with Crippen molar-refractivity contribution in [2.45, 2.75) is 50.9 Å². The highest BCUT2D eigenvalue weighted by Gasteiger charge is 2.72. The van der Waals surface area contributed by atoms with Crippen LogP contribution in [0.15, 0.2) is 12.2 Å². The van der Waals surface area contributed by atoms with E-state index in [4.69, 9.17) is 14.2 Å². The van der Waals surface area contributed by atoms with E-state index in [-0.39, 0.29) is 17.9 Å². The minimum Gasteiger partial charge on any atom is -0.457 e. The van der Waals surface area contributed by atoms with Crippen molar-refractivity contribution in [2.24, 2.45) is 11.8 Å². The number of fused-ring (bicyclic) bond motifs is 1. The standard InChI is InChI=1S/C14H17FO5/c1-6(2)12(16)19-7(3)18-10-8-4-9-11(10)20-13(17)14(9,15)5-8/h7-11H,1,4-5H2,2-3H3.